The fraction of sp³-hybridized carbons (Fsp3) is 0.917. The summed E-state index contributed by atoms with van der Waals surface area (Å²) in [6.45, 7) is 10.3. The molecule has 0 saturated heterocycles. The SMILES string of the molecule is CC(C)CCN=C(N)NCCS(=O)(=O)C(C)(C)C. The summed E-state index contributed by atoms with van der Waals surface area (Å²) in [6, 6.07) is 0. The molecule has 0 aromatic rings. The van der Waals surface area contributed by atoms with Crippen LogP contribution in [-0.4, -0.2) is 38.0 Å². The Labute approximate surface area is 111 Å². The molecule has 0 aliphatic rings. The van der Waals surface area contributed by atoms with Gasteiger partial charge in [-0.05, 0) is 33.1 Å². The van der Waals surface area contributed by atoms with E-state index in [2.05, 4.69) is 24.2 Å². The van der Waals surface area contributed by atoms with E-state index in [-0.39, 0.29) is 5.75 Å². The van der Waals surface area contributed by atoms with Crippen LogP contribution in [0.5, 0.6) is 0 Å². The van der Waals surface area contributed by atoms with E-state index >= 15 is 0 Å². The van der Waals surface area contributed by atoms with Gasteiger partial charge < -0.3 is 11.1 Å². The highest BCUT2D eigenvalue weighted by molar-refractivity contribution is 7.92. The van der Waals surface area contributed by atoms with Crippen molar-refractivity contribution in [2.24, 2.45) is 16.6 Å². The summed E-state index contributed by atoms with van der Waals surface area (Å²) in [5, 5.41) is 2.83. The maximum atomic E-state index is 11.8. The summed E-state index contributed by atoms with van der Waals surface area (Å²) in [6.07, 6.45) is 0.975. The standard InChI is InChI=1S/C12H27N3O2S/c1-10(2)6-7-14-11(13)15-8-9-18(16,17)12(3,4)5/h10H,6-9H2,1-5H3,(H3,13,14,15). The van der Waals surface area contributed by atoms with Crippen molar-refractivity contribution in [3.8, 4) is 0 Å². The number of hydrogen-bond donors (Lipinski definition) is 2. The number of rotatable bonds is 6. The van der Waals surface area contributed by atoms with E-state index < -0.39 is 14.6 Å². The van der Waals surface area contributed by atoms with E-state index in [1.165, 1.54) is 0 Å². The fourth-order valence-electron chi connectivity index (χ4n) is 1.12. The van der Waals surface area contributed by atoms with E-state index in [0.717, 1.165) is 6.42 Å². The Kier molecular flexibility index (Phi) is 6.67. The number of nitrogens with two attached hydrogens (primary N) is 1. The van der Waals surface area contributed by atoms with Crippen molar-refractivity contribution in [2.45, 2.75) is 45.8 Å². The minimum Gasteiger partial charge on any atom is -0.370 e. The van der Waals surface area contributed by atoms with Crippen molar-refractivity contribution in [3.05, 3.63) is 0 Å². The van der Waals surface area contributed by atoms with Gasteiger partial charge in [0, 0.05) is 13.1 Å². The lowest BCUT2D eigenvalue weighted by Crippen LogP contribution is -2.39. The molecule has 5 nitrogen and oxygen atoms in total. The van der Waals surface area contributed by atoms with Crippen LogP contribution in [0.15, 0.2) is 4.99 Å². The van der Waals surface area contributed by atoms with Gasteiger partial charge in [0.05, 0.1) is 10.5 Å². The topological polar surface area (TPSA) is 84.5 Å². The summed E-state index contributed by atoms with van der Waals surface area (Å²) in [4.78, 5) is 4.13. The largest absolute Gasteiger partial charge is 0.370 e. The summed E-state index contributed by atoms with van der Waals surface area (Å²) < 4.78 is 22.9. The van der Waals surface area contributed by atoms with Gasteiger partial charge in [-0.2, -0.15) is 0 Å². The summed E-state index contributed by atoms with van der Waals surface area (Å²) in [5.41, 5.74) is 5.64. The number of sulfone groups is 1. The number of aliphatic imine (C=N–C) groups is 1. The maximum Gasteiger partial charge on any atom is 0.188 e. The van der Waals surface area contributed by atoms with Gasteiger partial charge in [-0.1, -0.05) is 13.8 Å². The van der Waals surface area contributed by atoms with Crippen LogP contribution in [0, 0.1) is 5.92 Å². The van der Waals surface area contributed by atoms with Crippen LogP contribution < -0.4 is 11.1 Å². The number of nitrogens with one attached hydrogen (secondary N) is 1. The number of guanidine groups is 1. The third kappa shape index (κ3) is 6.83. The first kappa shape index (κ1) is 17.2. The van der Waals surface area contributed by atoms with E-state index in [1.807, 2.05) is 0 Å². The van der Waals surface area contributed by atoms with Crippen LogP contribution in [0.1, 0.15) is 41.0 Å². The molecule has 6 heteroatoms. The lowest BCUT2D eigenvalue weighted by Gasteiger charge is -2.19. The quantitative estimate of drug-likeness (QED) is 0.563. The van der Waals surface area contributed by atoms with Crippen LogP contribution in [0.2, 0.25) is 0 Å². The van der Waals surface area contributed by atoms with Gasteiger partial charge in [0.25, 0.3) is 0 Å². The molecule has 108 valence electrons. The molecule has 0 rings (SSSR count). The maximum absolute atomic E-state index is 11.8. The zero-order valence-corrected chi connectivity index (χ0v) is 13.0. The summed E-state index contributed by atoms with van der Waals surface area (Å²) in [7, 11) is -3.10. The third-order valence-corrected chi connectivity index (χ3v) is 5.21. The first-order chi connectivity index (χ1) is 8.06. The fourth-order valence-corrected chi connectivity index (χ4v) is 2.10. The van der Waals surface area contributed by atoms with Gasteiger partial charge in [-0.3, -0.25) is 4.99 Å². The second-order valence-electron chi connectivity index (χ2n) is 5.81. The minimum absolute atomic E-state index is 0.0664. The van der Waals surface area contributed by atoms with Gasteiger partial charge in [0.1, 0.15) is 0 Å². The molecular formula is C12H27N3O2S. The summed E-state index contributed by atoms with van der Waals surface area (Å²) in [5.74, 6) is 0.972. The van der Waals surface area contributed by atoms with Crippen LogP contribution in [0.3, 0.4) is 0 Å². The Bertz CT molecular complexity index is 367. The highest BCUT2D eigenvalue weighted by atomic mass is 32.2. The normalized spacial score (nSPS) is 14.0. The van der Waals surface area contributed by atoms with E-state index in [0.29, 0.717) is 25.0 Å². The third-order valence-electron chi connectivity index (χ3n) is 2.60. The van der Waals surface area contributed by atoms with Gasteiger partial charge in [-0.25, -0.2) is 8.42 Å². The molecular weight excluding hydrogens is 250 g/mol. The lowest BCUT2D eigenvalue weighted by atomic mass is 10.1. The molecule has 0 unspecified atom stereocenters. The molecule has 0 aliphatic carbocycles. The predicted octanol–water partition coefficient (Wildman–Crippen LogP) is 1.15. The molecule has 3 N–H and O–H groups in total. The van der Waals surface area contributed by atoms with Crippen LogP contribution >= 0.6 is 0 Å². The minimum atomic E-state index is -3.10. The molecule has 0 bridgehead atoms. The van der Waals surface area contributed by atoms with Crippen molar-refractivity contribution < 1.29 is 8.42 Å². The zero-order chi connectivity index (χ0) is 14.4. The first-order valence-electron chi connectivity index (χ1n) is 6.32. The Hall–Kier alpha value is -0.780. The Morgan fingerprint density at radius 3 is 2.33 bits per heavy atom. The predicted molar refractivity (Wildman–Crippen MR) is 77.5 cm³/mol. The Morgan fingerprint density at radius 2 is 1.89 bits per heavy atom. The molecule has 0 amide bonds. The molecule has 0 spiro atoms. The average molecular weight is 277 g/mol. The highest BCUT2D eigenvalue weighted by Crippen LogP contribution is 2.15. The number of hydrogen-bond acceptors (Lipinski definition) is 3. The molecule has 0 saturated carbocycles. The zero-order valence-electron chi connectivity index (χ0n) is 12.2. The molecule has 0 radical (unpaired) electrons. The summed E-state index contributed by atoms with van der Waals surface area (Å²) >= 11 is 0. The van der Waals surface area contributed by atoms with Gasteiger partial charge in [-0.15, -0.1) is 0 Å². The van der Waals surface area contributed by atoms with Crippen molar-refractivity contribution in [3.63, 3.8) is 0 Å². The van der Waals surface area contributed by atoms with Crippen molar-refractivity contribution in [1.82, 2.24) is 5.32 Å². The smallest absolute Gasteiger partial charge is 0.188 e. The van der Waals surface area contributed by atoms with Crippen molar-refractivity contribution in [1.29, 1.82) is 0 Å². The molecule has 0 heterocycles. The van der Waals surface area contributed by atoms with Gasteiger partial charge in [0.2, 0.25) is 0 Å². The van der Waals surface area contributed by atoms with Crippen LogP contribution in [-0.2, 0) is 9.84 Å². The van der Waals surface area contributed by atoms with Gasteiger partial charge in [0.15, 0.2) is 15.8 Å². The number of nitrogens with zero attached hydrogens (tertiary/aromatic N) is 1. The highest BCUT2D eigenvalue weighted by Gasteiger charge is 2.28. The van der Waals surface area contributed by atoms with Crippen LogP contribution in [0.25, 0.3) is 0 Å². The second kappa shape index (κ2) is 6.97. The molecule has 18 heavy (non-hydrogen) atoms. The van der Waals surface area contributed by atoms with E-state index in [1.54, 1.807) is 20.8 Å². The monoisotopic (exact) mass is 277 g/mol. The van der Waals surface area contributed by atoms with Crippen molar-refractivity contribution >= 4 is 15.8 Å². The van der Waals surface area contributed by atoms with E-state index in [9.17, 15) is 8.42 Å². The molecule has 0 atom stereocenters. The van der Waals surface area contributed by atoms with E-state index in [4.69, 9.17) is 5.73 Å². The van der Waals surface area contributed by atoms with Crippen LogP contribution in [0.4, 0.5) is 0 Å². The van der Waals surface area contributed by atoms with Gasteiger partial charge >= 0.3 is 0 Å². The molecule has 0 aliphatic heterocycles. The molecule has 0 aromatic heterocycles. The Morgan fingerprint density at radius 1 is 1.33 bits per heavy atom. The second-order valence-corrected chi connectivity index (χ2v) is 8.67. The lowest BCUT2D eigenvalue weighted by molar-refractivity contribution is 0.559. The molecule has 0 fully saturated rings. The molecule has 0 aromatic carbocycles. The average Bonchev–Trinajstić information content (AvgIpc) is 2.14. The van der Waals surface area contributed by atoms with Crippen molar-refractivity contribution in [2.75, 3.05) is 18.8 Å². The Balaban J connectivity index is 4.06. The first-order valence-corrected chi connectivity index (χ1v) is 7.97.